The summed E-state index contributed by atoms with van der Waals surface area (Å²) in [5.41, 5.74) is 3.76. The minimum atomic E-state index is -0.113. The summed E-state index contributed by atoms with van der Waals surface area (Å²) in [6.45, 7) is 6.62. The molecular formula is C36H45ClN6O3. The molecule has 0 bridgehead atoms. The maximum absolute atomic E-state index is 11.1. The lowest BCUT2D eigenvalue weighted by Crippen LogP contribution is -2.23. The minimum absolute atomic E-state index is 0.113. The maximum atomic E-state index is 11.1. The molecule has 244 valence electrons. The highest BCUT2D eigenvalue weighted by molar-refractivity contribution is 6.33. The van der Waals surface area contributed by atoms with Gasteiger partial charge < -0.3 is 14.4 Å². The van der Waals surface area contributed by atoms with Gasteiger partial charge >= 0.3 is 5.97 Å². The molecule has 46 heavy (non-hydrogen) atoms. The van der Waals surface area contributed by atoms with Crippen molar-refractivity contribution in [2.24, 2.45) is 20.5 Å². The van der Waals surface area contributed by atoms with Crippen LogP contribution in [0.15, 0.2) is 87.2 Å². The van der Waals surface area contributed by atoms with E-state index in [1.807, 2.05) is 67.6 Å². The Morgan fingerprint density at radius 3 is 1.85 bits per heavy atom. The summed E-state index contributed by atoms with van der Waals surface area (Å²) in [4.78, 5) is 13.3. The molecule has 3 rings (SSSR count). The van der Waals surface area contributed by atoms with E-state index in [1.54, 1.807) is 6.07 Å². The SMILES string of the molecule is CCC(=O)OCCCCCCCCCCOc1ccc(N=Nc2ccc(N=Nc3ccc(N(CC)CCC#N)cc3)cc2)c(Cl)c1. The number of halogens is 1. The zero-order valence-corrected chi connectivity index (χ0v) is 27.8. The fraction of sp³-hybridized carbons (Fsp3) is 0.444. The fourth-order valence-electron chi connectivity index (χ4n) is 4.60. The summed E-state index contributed by atoms with van der Waals surface area (Å²) < 4.78 is 11.0. The van der Waals surface area contributed by atoms with Crippen LogP contribution in [0.2, 0.25) is 5.02 Å². The van der Waals surface area contributed by atoms with Crippen molar-refractivity contribution in [3.05, 3.63) is 71.8 Å². The van der Waals surface area contributed by atoms with Crippen LogP contribution in [0.3, 0.4) is 0 Å². The van der Waals surface area contributed by atoms with E-state index in [2.05, 4.69) is 38.3 Å². The molecule has 0 N–H and O–H groups in total. The van der Waals surface area contributed by atoms with Crippen molar-refractivity contribution in [1.82, 2.24) is 0 Å². The molecule has 0 saturated heterocycles. The van der Waals surface area contributed by atoms with Crippen molar-refractivity contribution in [1.29, 1.82) is 5.26 Å². The molecule has 3 aromatic rings. The Morgan fingerprint density at radius 1 is 0.761 bits per heavy atom. The standard InChI is InChI=1S/C36H45ClN6O3/c1-3-36(44)46-27-12-10-8-6-5-7-9-11-26-45-33-22-23-35(34(37)28-33)42-41-30-16-14-29(15-17-30)39-40-31-18-20-32(21-19-31)43(4-2)25-13-24-38/h14-23,28H,3-13,25-27H2,1-2H3. The Morgan fingerprint density at radius 2 is 1.30 bits per heavy atom. The predicted molar refractivity (Wildman–Crippen MR) is 184 cm³/mol. The second kappa shape index (κ2) is 21.4. The van der Waals surface area contributed by atoms with Gasteiger partial charge in [-0.25, -0.2) is 0 Å². The van der Waals surface area contributed by atoms with Crippen molar-refractivity contribution < 1.29 is 14.3 Å². The van der Waals surface area contributed by atoms with E-state index in [0.717, 1.165) is 49.4 Å². The number of carbonyl (C=O) groups excluding carboxylic acids is 1. The highest BCUT2D eigenvalue weighted by Gasteiger charge is 2.05. The number of anilines is 1. The molecule has 0 aliphatic heterocycles. The predicted octanol–water partition coefficient (Wildman–Crippen LogP) is 11.4. The molecule has 0 heterocycles. The Labute approximate surface area is 278 Å². The number of carbonyl (C=O) groups is 1. The van der Waals surface area contributed by atoms with Gasteiger partial charge in [-0.15, -0.1) is 5.11 Å². The van der Waals surface area contributed by atoms with Crippen LogP contribution in [0.4, 0.5) is 28.4 Å². The van der Waals surface area contributed by atoms with E-state index in [0.29, 0.717) is 54.7 Å². The third kappa shape index (κ3) is 13.8. The number of unbranched alkanes of at least 4 members (excludes halogenated alkanes) is 7. The highest BCUT2D eigenvalue weighted by Crippen LogP contribution is 2.31. The molecule has 0 atom stereocenters. The first-order valence-electron chi connectivity index (χ1n) is 16.3. The average Bonchev–Trinajstić information content (AvgIpc) is 3.08. The van der Waals surface area contributed by atoms with Gasteiger partial charge in [0.25, 0.3) is 0 Å². The first kappa shape index (κ1) is 36.2. The fourth-order valence-corrected chi connectivity index (χ4v) is 4.81. The number of nitrogens with zero attached hydrogens (tertiary/aromatic N) is 6. The first-order valence-corrected chi connectivity index (χ1v) is 16.6. The Kier molecular flexibility index (Phi) is 16.9. The largest absolute Gasteiger partial charge is 0.494 e. The molecule has 0 aliphatic rings. The highest BCUT2D eigenvalue weighted by atomic mass is 35.5. The summed E-state index contributed by atoms with van der Waals surface area (Å²) >= 11 is 6.44. The second-order valence-electron chi connectivity index (χ2n) is 10.8. The summed E-state index contributed by atoms with van der Waals surface area (Å²) in [6.07, 6.45) is 9.92. The second-order valence-corrected chi connectivity index (χ2v) is 11.2. The number of benzene rings is 3. The molecule has 0 amide bonds. The van der Waals surface area contributed by atoms with Crippen LogP contribution in [0.1, 0.15) is 78.1 Å². The van der Waals surface area contributed by atoms with Gasteiger partial charge in [0.2, 0.25) is 0 Å². The molecule has 10 heteroatoms. The quantitative estimate of drug-likeness (QED) is 0.0650. The molecular weight excluding hydrogens is 600 g/mol. The molecule has 9 nitrogen and oxygen atoms in total. The zero-order valence-electron chi connectivity index (χ0n) is 27.0. The lowest BCUT2D eigenvalue weighted by molar-refractivity contribution is -0.143. The van der Waals surface area contributed by atoms with Gasteiger partial charge in [-0.2, -0.15) is 20.6 Å². The summed E-state index contributed by atoms with van der Waals surface area (Å²) in [5, 5.41) is 26.6. The molecule has 0 fully saturated rings. The molecule has 0 aromatic heterocycles. The third-order valence-corrected chi connectivity index (χ3v) is 7.57. The molecule has 3 aromatic carbocycles. The normalized spacial score (nSPS) is 11.2. The lowest BCUT2D eigenvalue weighted by atomic mass is 10.1. The number of azo groups is 2. The van der Waals surface area contributed by atoms with Crippen molar-refractivity contribution in [3.8, 4) is 11.8 Å². The third-order valence-electron chi connectivity index (χ3n) is 7.27. The number of hydrogen-bond acceptors (Lipinski definition) is 9. The zero-order chi connectivity index (χ0) is 32.8. The first-order chi connectivity index (χ1) is 22.5. The van der Waals surface area contributed by atoms with Gasteiger partial charge in [0.1, 0.15) is 11.4 Å². The Hall–Kier alpha value is -4.29. The molecule has 0 aliphatic carbocycles. The van der Waals surface area contributed by atoms with Gasteiger partial charge in [-0.3, -0.25) is 4.79 Å². The lowest BCUT2D eigenvalue weighted by Gasteiger charge is -2.21. The average molecular weight is 645 g/mol. The van der Waals surface area contributed by atoms with Crippen LogP contribution in [-0.2, 0) is 9.53 Å². The number of nitriles is 1. The van der Waals surface area contributed by atoms with Gasteiger partial charge in [0, 0.05) is 31.3 Å². The van der Waals surface area contributed by atoms with Crippen LogP contribution in [0.25, 0.3) is 0 Å². The topological polar surface area (TPSA) is 112 Å². The van der Waals surface area contributed by atoms with Gasteiger partial charge in [-0.05, 0) is 80.4 Å². The number of ether oxygens (including phenoxy) is 2. The van der Waals surface area contributed by atoms with Crippen LogP contribution < -0.4 is 9.64 Å². The van der Waals surface area contributed by atoms with E-state index < -0.39 is 0 Å². The van der Waals surface area contributed by atoms with E-state index in [9.17, 15) is 4.79 Å². The van der Waals surface area contributed by atoms with Crippen LogP contribution in [0, 0.1) is 11.3 Å². The van der Waals surface area contributed by atoms with Crippen LogP contribution in [-0.4, -0.2) is 32.3 Å². The molecule has 0 unspecified atom stereocenters. The summed E-state index contributed by atoms with van der Waals surface area (Å²) in [5.74, 6) is 0.608. The van der Waals surface area contributed by atoms with Gasteiger partial charge in [0.05, 0.1) is 47.8 Å². The monoisotopic (exact) mass is 644 g/mol. The number of hydrogen-bond donors (Lipinski definition) is 0. The minimum Gasteiger partial charge on any atom is -0.494 e. The maximum Gasteiger partial charge on any atom is 0.305 e. The van der Waals surface area contributed by atoms with Crippen molar-refractivity contribution in [3.63, 3.8) is 0 Å². The van der Waals surface area contributed by atoms with Gasteiger partial charge in [-0.1, -0.05) is 57.0 Å². The van der Waals surface area contributed by atoms with E-state index in [-0.39, 0.29) is 5.97 Å². The molecule has 0 radical (unpaired) electrons. The molecule has 0 spiro atoms. The van der Waals surface area contributed by atoms with Crippen molar-refractivity contribution in [2.75, 3.05) is 31.2 Å². The Balaban J connectivity index is 1.34. The van der Waals surface area contributed by atoms with Gasteiger partial charge in [0.15, 0.2) is 0 Å². The number of rotatable bonds is 21. The number of esters is 1. The molecule has 0 saturated carbocycles. The van der Waals surface area contributed by atoms with Crippen LogP contribution in [0.5, 0.6) is 5.75 Å². The summed E-state index contributed by atoms with van der Waals surface area (Å²) in [6, 6.07) is 22.8. The van der Waals surface area contributed by atoms with Crippen molar-refractivity contribution >= 4 is 46.0 Å². The van der Waals surface area contributed by atoms with E-state index in [1.165, 1.54) is 25.7 Å². The Bertz CT molecular complexity index is 1420. The van der Waals surface area contributed by atoms with Crippen molar-refractivity contribution in [2.45, 2.75) is 78.1 Å². The summed E-state index contributed by atoms with van der Waals surface area (Å²) in [7, 11) is 0. The van der Waals surface area contributed by atoms with E-state index in [4.69, 9.17) is 26.3 Å². The smallest absolute Gasteiger partial charge is 0.305 e. The van der Waals surface area contributed by atoms with E-state index >= 15 is 0 Å². The van der Waals surface area contributed by atoms with Crippen LogP contribution >= 0.6 is 11.6 Å².